The van der Waals surface area contributed by atoms with E-state index in [0.29, 0.717) is 24.7 Å². The largest absolute Gasteiger partial charge is 0.381 e. The standard InChI is InChI=1S/C12H14ClN3O/c1-2-17-6-5-11-9-7-8(13)3-4-10(9)15-12(14)16-11/h3-4,7H,2,5-6H2,1H3,(H2,14,15,16). The van der Waals surface area contributed by atoms with Gasteiger partial charge < -0.3 is 10.5 Å². The highest BCUT2D eigenvalue weighted by Gasteiger charge is 2.06. The third-order valence-electron chi connectivity index (χ3n) is 2.44. The summed E-state index contributed by atoms with van der Waals surface area (Å²) in [4.78, 5) is 8.42. The zero-order valence-electron chi connectivity index (χ0n) is 9.61. The van der Waals surface area contributed by atoms with Crippen molar-refractivity contribution >= 4 is 28.5 Å². The Morgan fingerprint density at radius 2 is 2.18 bits per heavy atom. The Morgan fingerprint density at radius 1 is 1.35 bits per heavy atom. The number of aromatic nitrogens is 2. The summed E-state index contributed by atoms with van der Waals surface area (Å²) in [5.41, 5.74) is 7.36. The van der Waals surface area contributed by atoms with Crippen LogP contribution in [0.25, 0.3) is 10.9 Å². The molecule has 90 valence electrons. The first-order valence-electron chi connectivity index (χ1n) is 5.50. The predicted molar refractivity (Wildman–Crippen MR) is 69.2 cm³/mol. The van der Waals surface area contributed by atoms with Gasteiger partial charge in [0.1, 0.15) is 0 Å². The van der Waals surface area contributed by atoms with Crippen LogP contribution in [-0.2, 0) is 11.2 Å². The van der Waals surface area contributed by atoms with Gasteiger partial charge in [0.2, 0.25) is 5.95 Å². The SMILES string of the molecule is CCOCCc1nc(N)nc2ccc(Cl)cc12. The molecule has 0 bridgehead atoms. The number of ether oxygens (including phenoxy) is 1. The summed E-state index contributed by atoms with van der Waals surface area (Å²) in [6.07, 6.45) is 0.706. The Kier molecular flexibility index (Phi) is 3.76. The van der Waals surface area contributed by atoms with E-state index in [4.69, 9.17) is 22.1 Å². The van der Waals surface area contributed by atoms with Gasteiger partial charge in [-0.25, -0.2) is 9.97 Å². The average Bonchev–Trinajstić information content (AvgIpc) is 2.30. The lowest BCUT2D eigenvalue weighted by atomic mass is 10.1. The monoisotopic (exact) mass is 251 g/mol. The summed E-state index contributed by atoms with van der Waals surface area (Å²) in [6, 6.07) is 5.50. The van der Waals surface area contributed by atoms with Gasteiger partial charge in [-0.15, -0.1) is 0 Å². The van der Waals surface area contributed by atoms with E-state index in [1.807, 2.05) is 19.1 Å². The van der Waals surface area contributed by atoms with E-state index >= 15 is 0 Å². The van der Waals surface area contributed by atoms with Crippen LogP contribution in [0.3, 0.4) is 0 Å². The van der Waals surface area contributed by atoms with Crippen LogP contribution < -0.4 is 5.73 Å². The Balaban J connectivity index is 2.40. The molecule has 0 saturated heterocycles. The highest BCUT2D eigenvalue weighted by atomic mass is 35.5. The number of nitrogen functional groups attached to an aromatic ring is 1. The van der Waals surface area contributed by atoms with E-state index in [-0.39, 0.29) is 5.95 Å². The molecular formula is C12H14ClN3O. The molecule has 1 heterocycles. The number of hydrogen-bond donors (Lipinski definition) is 1. The summed E-state index contributed by atoms with van der Waals surface area (Å²) < 4.78 is 5.32. The van der Waals surface area contributed by atoms with Gasteiger partial charge in [-0.3, -0.25) is 0 Å². The number of rotatable bonds is 4. The van der Waals surface area contributed by atoms with Crippen molar-refractivity contribution in [2.45, 2.75) is 13.3 Å². The molecule has 0 aliphatic heterocycles. The molecule has 5 heteroatoms. The summed E-state index contributed by atoms with van der Waals surface area (Å²) in [7, 11) is 0. The molecule has 0 spiro atoms. The molecule has 0 amide bonds. The predicted octanol–water partition coefficient (Wildman–Crippen LogP) is 2.44. The molecule has 0 fully saturated rings. The van der Waals surface area contributed by atoms with Gasteiger partial charge in [0.25, 0.3) is 0 Å². The van der Waals surface area contributed by atoms with Gasteiger partial charge >= 0.3 is 0 Å². The maximum Gasteiger partial charge on any atom is 0.220 e. The summed E-state index contributed by atoms with van der Waals surface area (Å²) in [6.45, 7) is 3.27. The van der Waals surface area contributed by atoms with Crippen molar-refractivity contribution in [1.82, 2.24) is 9.97 Å². The number of anilines is 1. The molecular weight excluding hydrogens is 238 g/mol. The summed E-state index contributed by atoms with van der Waals surface area (Å²) in [5.74, 6) is 0.284. The van der Waals surface area contributed by atoms with E-state index in [9.17, 15) is 0 Å². The Labute approximate surface area is 105 Å². The van der Waals surface area contributed by atoms with Crippen LogP contribution in [0.4, 0.5) is 5.95 Å². The smallest absolute Gasteiger partial charge is 0.220 e. The Hall–Kier alpha value is -1.39. The third kappa shape index (κ3) is 2.84. The van der Waals surface area contributed by atoms with Crippen LogP contribution in [0.2, 0.25) is 5.02 Å². The number of halogens is 1. The highest BCUT2D eigenvalue weighted by molar-refractivity contribution is 6.31. The van der Waals surface area contributed by atoms with Crippen molar-refractivity contribution in [1.29, 1.82) is 0 Å². The molecule has 1 aromatic heterocycles. The van der Waals surface area contributed by atoms with Crippen LogP contribution in [0.15, 0.2) is 18.2 Å². The van der Waals surface area contributed by atoms with Crippen molar-refractivity contribution in [2.75, 3.05) is 18.9 Å². The Morgan fingerprint density at radius 3 is 2.94 bits per heavy atom. The summed E-state index contributed by atoms with van der Waals surface area (Å²) in [5, 5.41) is 1.61. The van der Waals surface area contributed by atoms with Gasteiger partial charge in [-0.2, -0.15) is 0 Å². The van der Waals surface area contributed by atoms with E-state index < -0.39 is 0 Å². The molecule has 0 unspecified atom stereocenters. The van der Waals surface area contributed by atoms with E-state index in [2.05, 4.69) is 9.97 Å². The van der Waals surface area contributed by atoms with Crippen LogP contribution in [0, 0.1) is 0 Å². The lowest BCUT2D eigenvalue weighted by Gasteiger charge is -2.07. The fraction of sp³-hybridized carbons (Fsp3) is 0.333. The molecule has 4 nitrogen and oxygen atoms in total. The number of nitrogens with two attached hydrogens (primary N) is 1. The fourth-order valence-electron chi connectivity index (χ4n) is 1.69. The fourth-order valence-corrected chi connectivity index (χ4v) is 1.86. The third-order valence-corrected chi connectivity index (χ3v) is 2.68. The molecule has 2 rings (SSSR count). The number of fused-ring (bicyclic) bond motifs is 1. The number of benzene rings is 1. The molecule has 0 atom stereocenters. The lowest BCUT2D eigenvalue weighted by Crippen LogP contribution is -2.04. The van der Waals surface area contributed by atoms with Gasteiger partial charge in [0, 0.05) is 23.4 Å². The van der Waals surface area contributed by atoms with Crippen molar-refractivity contribution in [3.05, 3.63) is 28.9 Å². The average molecular weight is 252 g/mol. The first-order chi connectivity index (χ1) is 8.20. The first kappa shape index (κ1) is 12.1. The maximum absolute atomic E-state index is 5.97. The zero-order chi connectivity index (χ0) is 12.3. The molecule has 0 aliphatic carbocycles. The minimum atomic E-state index is 0.284. The van der Waals surface area contributed by atoms with Gasteiger partial charge in [-0.1, -0.05) is 11.6 Å². The Bertz CT molecular complexity index is 530. The van der Waals surface area contributed by atoms with Gasteiger partial charge in [-0.05, 0) is 25.1 Å². The topological polar surface area (TPSA) is 61.0 Å². The molecule has 1 aromatic carbocycles. The van der Waals surface area contributed by atoms with Crippen LogP contribution in [0.5, 0.6) is 0 Å². The number of hydrogen-bond acceptors (Lipinski definition) is 4. The van der Waals surface area contributed by atoms with Crippen LogP contribution in [0.1, 0.15) is 12.6 Å². The van der Waals surface area contributed by atoms with Crippen molar-refractivity contribution in [2.24, 2.45) is 0 Å². The minimum absolute atomic E-state index is 0.284. The molecule has 0 saturated carbocycles. The second-order valence-corrected chi connectivity index (χ2v) is 4.07. The van der Waals surface area contributed by atoms with Crippen LogP contribution >= 0.6 is 11.6 Å². The van der Waals surface area contributed by atoms with Crippen molar-refractivity contribution < 1.29 is 4.74 Å². The molecule has 2 aromatic rings. The first-order valence-corrected chi connectivity index (χ1v) is 5.88. The summed E-state index contributed by atoms with van der Waals surface area (Å²) >= 11 is 5.97. The normalized spacial score (nSPS) is 10.9. The molecule has 0 aliphatic rings. The number of nitrogens with zero attached hydrogens (tertiary/aromatic N) is 2. The highest BCUT2D eigenvalue weighted by Crippen LogP contribution is 2.21. The van der Waals surface area contributed by atoms with Crippen molar-refractivity contribution in [3.63, 3.8) is 0 Å². The quantitative estimate of drug-likeness (QED) is 0.848. The van der Waals surface area contributed by atoms with E-state index in [1.165, 1.54) is 0 Å². The second kappa shape index (κ2) is 5.29. The van der Waals surface area contributed by atoms with Crippen molar-refractivity contribution in [3.8, 4) is 0 Å². The van der Waals surface area contributed by atoms with Gasteiger partial charge in [0.15, 0.2) is 0 Å². The van der Waals surface area contributed by atoms with E-state index in [0.717, 1.165) is 16.6 Å². The zero-order valence-corrected chi connectivity index (χ0v) is 10.4. The van der Waals surface area contributed by atoms with Gasteiger partial charge in [0.05, 0.1) is 17.8 Å². The lowest BCUT2D eigenvalue weighted by molar-refractivity contribution is 0.150. The maximum atomic E-state index is 5.97. The van der Waals surface area contributed by atoms with Crippen LogP contribution in [-0.4, -0.2) is 23.2 Å². The molecule has 0 radical (unpaired) electrons. The second-order valence-electron chi connectivity index (χ2n) is 3.64. The minimum Gasteiger partial charge on any atom is -0.381 e. The van der Waals surface area contributed by atoms with E-state index in [1.54, 1.807) is 6.07 Å². The molecule has 2 N–H and O–H groups in total. The molecule has 17 heavy (non-hydrogen) atoms.